The van der Waals surface area contributed by atoms with Crippen LogP contribution in [-0.4, -0.2) is 29.2 Å². The maximum Gasteiger partial charge on any atom is 2.00 e. The molecule has 0 saturated heterocycles. The zero-order valence-electron chi connectivity index (χ0n) is 8.79. The van der Waals surface area contributed by atoms with Gasteiger partial charge in [0.15, 0.2) is 0 Å². The minimum atomic E-state index is 0. The maximum atomic E-state index is 5.55. The molecule has 3 heteroatoms. The van der Waals surface area contributed by atoms with E-state index >= 15 is 0 Å². The van der Waals surface area contributed by atoms with Crippen molar-refractivity contribution in [3.8, 4) is 0 Å². The molecule has 0 spiro atoms. The summed E-state index contributed by atoms with van der Waals surface area (Å²) >= 11 is 0. The van der Waals surface area contributed by atoms with E-state index in [0.29, 0.717) is 12.7 Å². The first kappa shape index (κ1) is 16.8. The molecule has 0 N–H and O–H groups in total. The smallest absolute Gasteiger partial charge is 1.00 e. The van der Waals surface area contributed by atoms with E-state index in [4.69, 9.17) is 4.74 Å². The van der Waals surface area contributed by atoms with Gasteiger partial charge in [0.1, 0.15) is 0 Å². The number of hydrogen-bond acceptors (Lipinski definition) is 1. The molecule has 0 aromatic heterocycles. The Morgan fingerprint density at radius 3 is 2.64 bits per heavy atom. The van der Waals surface area contributed by atoms with Gasteiger partial charge in [-0.2, -0.15) is 30.3 Å². The van der Waals surface area contributed by atoms with Crippen molar-refractivity contribution in [3.05, 3.63) is 35.9 Å². The third-order valence-corrected chi connectivity index (χ3v) is 1.87. The van der Waals surface area contributed by atoms with E-state index in [2.05, 4.69) is 19.9 Å². The molecule has 14 heavy (non-hydrogen) atoms. The van der Waals surface area contributed by atoms with Gasteiger partial charge in [0.05, 0.1) is 6.10 Å². The average molecular weight is 267 g/mol. The van der Waals surface area contributed by atoms with Crippen molar-refractivity contribution < 1.29 is 21.7 Å². The number of ether oxygens (including phenoxy) is 1. The molecule has 0 heterocycles. The molecule has 0 aliphatic rings. The molecular weight excluding hydrogens is 252 g/mol. The van der Waals surface area contributed by atoms with Gasteiger partial charge >= 0.3 is 23.1 Å². The molecule has 0 amide bonds. The first-order valence-corrected chi connectivity index (χ1v) is 4.40. The van der Waals surface area contributed by atoms with E-state index in [9.17, 15) is 0 Å². The molecule has 0 aliphatic heterocycles. The second kappa shape index (κ2) is 9.96. The molecule has 0 fully saturated rings. The molecule has 1 nitrogen and oxygen atoms in total. The van der Waals surface area contributed by atoms with Gasteiger partial charge in [0, 0.05) is 6.61 Å². The predicted molar refractivity (Wildman–Crippen MR) is 55.6 cm³/mol. The van der Waals surface area contributed by atoms with Crippen LogP contribution in [0.2, 0.25) is 0 Å². The van der Waals surface area contributed by atoms with E-state index < -0.39 is 0 Å². The first-order valence-electron chi connectivity index (χ1n) is 4.40. The third-order valence-electron chi connectivity index (χ3n) is 1.87. The Morgan fingerprint density at radius 2 is 2.14 bits per heavy atom. The zero-order chi connectivity index (χ0) is 8.81. The van der Waals surface area contributed by atoms with Crippen molar-refractivity contribution in [2.24, 2.45) is 0 Å². The summed E-state index contributed by atoms with van der Waals surface area (Å²) in [5.74, 6) is 0. The summed E-state index contributed by atoms with van der Waals surface area (Å²) in [5.41, 5.74) is 1.12. The van der Waals surface area contributed by atoms with Gasteiger partial charge in [0.2, 0.25) is 0 Å². The Bertz CT molecular complexity index is 216. The first-order chi connectivity index (χ1) is 5.83. The van der Waals surface area contributed by atoms with E-state index in [-0.39, 0.29) is 40.0 Å². The van der Waals surface area contributed by atoms with E-state index in [0.717, 1.165) is 12.0 Å². The number of hydrogen-bond donors (Lipinski definition) is 0. The van der Waals surface area contributed by atoms with Crippen molar-refractivity contribution in [3.63, 3.8) is 0 Å². The minimum Gasteiger partial charge on any atom is -1.00 e. The van der Waals surface area contributed by atoms with Crippen molar-refractivity contribution in [1.82, 2.24) is 0 Å². The summed E-state index contributed by atoms with van der Waals surface area (Å²) in [6.07, 6.45) is 1.41. The van der Waals surface area contributed by atoms with E-state index in [1.54, 1.807) is 0 Å². The van der Waals surface area contributed by atoms with Gasteiger partial charge in [-0.1, -0.05) is 6.92 Å². The van der Waals surface area contributed by atoms with Gasteiger partial charge in [-0.15, -0.1) is 5.56 Å². The van der Waals surface area contributed by atoms with Crippen LogP contribution < -0.4 is 17.0 Å². The van der Waals surface area contributed by atoms with E-state index in [1.807, 2.05) is 24.3 Å². The Morgan fingerprint density at radius 1 is 1.43 bits per heavy atom. The Hall–Kier alpha value is 0.426. The summed E-state index contributed by atoms with van der Waals surface area (Å²) in [6.45, 7) is 4.89. The molecule has 74 valence electrons. The van der Waals surface area contributed by atoms with Gasteiger partial charge in [-0.05, 0) is 13.3 Å². The van der Waals surface area contributed by atoms with Crippen LogP contribution in [0.4, 0.5) is 0 Å². The van der Waals surface area contributed by atoms with E-state index in [1.165, 1.54) is 0 Å². The predicted octanol–water partition coefficient (Wildman–Crippen LogP) is -0.575. The standard InChI is InChI=1S/C11H15O.BrH.Mg/c1-3-10(2)12-9-11-7-5-4-6-8-11;;/h4-7,10H,3,9H2,1-2H3;1H;/q-1;;+2/p-1. The Balaban J connectivity index is 0. The number of halogens is 1. The quantitative estimate of drug-likeness (QED) is 0.524. The van der Waals surface area contributed by atoms with Crippen molar-refractivity contribution in [2.45, 2.75) is 33.0 Å². The molecule has 0 aliphatic carbocycles. The van der Waals surface area contributed by atoms with Crippen LogP contribution in [0.1, 0.15) is 25.8 Å². The molecular formula is C11H15BrMgO. The fraction of sp³-hybridized carbons (Fsp3) is 0.455. The molecule has 0 radical (unpaired) electrons. The van der Waals surface area contributed by atoms with Gasteiger partial charge in [0.25, 0.3) is 0 Å². The summed E-state index contributed by atoms with van der Waals surface area (Å²) in [7, 11) is 0. The normalized spacial score (nSPS) is 11.0. The van der Waals surface area contributed by atoms with Crippen LogP contribution in [0.3, 0.4) is 0 Å². The molecule has 1 atom stereocenters. The summed E-state index contributed by atoms with van der Waals surface area (Å²) < 4.78 is 5.55. The van der Waals surface area contributed by atoms with Crippen LogP contribution in [0, 0.1) is 6.07 Å². The Labute approximate surface area is 113 Å². The Kier molecular flexibility index (Phi) is 12.0. The monoisotopic (exact) mass is 266 g/mol. The molecule has 0 bridgehead atoms. The van der Waals surface area contributed by atoms with Gasteiger partial charge in [-0.25, -0.2) is 0 Å². The topological polar surface area (TPSA) is 9.23 Å². The van der Waals surface area contributed by atoms with Crippen LogP contribution >= 0.6 is 0 Å². The number of rotatable bonds is 4. The van der Waals surface area contributed by atoms with Crippen molar-refractivity contribution >= 4 is 23.1 Å². The molecule has 1 rings (SSSR count). The summed E-state index contributed by atoms with van der Waals surface area (Å²) in [4.78, 5) is 0. The van der Waals surface area contributed by atoms with Gasteiger partial charge in [-0.3, -0.25) is 0 Å². The second-order valence-corrected chi connectivity index (χ2v) is 2.92. The third kappa shape index (κ3) is 6.82. The molecule has 1 aromatic rings. The molecule has 1 aromatic carbocycles. The average Bonchev–Trinajstić information content (AvgIpc) is 2.16. The van der Waals surface area contributed by atoms with Crippen molar-refractivity contribution in [1.29, 1.82) is 0 Å². The fourth-order valence-corrected chi connectivity index (χ4v) is 0.870. The van der Waals surface area contributed by atoms with Crippen LogP contribution in [0.5, 0.6) is 0 Å². The zero-order valence-corrected chi connectivity index (χ0v) is 11.8. The SMILES string of the molecule is CCC(C)OCc1[c-]cccc1.[Br-].[Mg+2]. The molecule has 1 unspecified atom stereocenters. The summed E-state index contributed by atoms with van der Waals surface area (Å²) in [5, 5.41) is 0. The second-order valence-electron chi connectivity index (χ2n) is 2.92. The minimum absolute atomic E-state index is 0. The largest absolute Gasteiger partial charge is 2.00 e. The molecule has 0 saturated carbocycles. The fourth-order valence-electron chi connectivity index (χ4n) is 0.870. The van der Waals surface area contributed by atoms with Crippen molar-refractivity contribution in [2.75, 3.05) is 0 Å². The maximum absolute atomic E-state index is 5.55. The number of benzene rings is 1. The van der Waals surface area contributed by atoms with Crippen LogP contribution in [0.25, 0.3) is 0 Å². The van der Waals surface area contributed by atoms with Crippen LogP contribution in [-0.2, 0) is 11.3 Å². The van der Waals surface area contributed by atoms with Gasteiger partial charge < -0.3 is 21.7 Å². The van der Waals surface area contributed by atoms with Crippen LogP contribution in [0.15, 0.2) is 24.3 Å². The summed E-state index contributed by atoms with van der Waals surface area (Å²) in [6, 6.07) is 11.0.